The number of aromatic nitrogens is 6. The summed E-state index contributed by atoms with van der Waals surface area (Å²) in [6, 6.07) is 15.3. The number of aryl methyl sites for hydroxylation is 1. The standard InChI is InChI=1S/C20H15ClN6O/c1-26-19-17(10-23-26)20-24-18(25-27(20)12-22-19)14-5-2-4-13(8-14)11-28-16-7-3-6-15(21)9-16/h2-10,12H,11H2,1H3. The van der Waals surface area contributed by atoms with Gasteiger partial charge >= 0.3 is 0 Å². The molecule has 0 N–H and O–H groups in total. The Morgan fingerprint density at radius 3 is 2.86 bits per heavy atom. The zero-order chi connectivity index (χ0) is 19.1. The maximum absolute atomic E-state index is 6.00. The van der Waals surface area contributed by atoms with Crippen LogP contribution >= 0.6 is 11.6 Å². The number of nitrogens with zero attached hydrogens (tertiary/aromatic N) is 6. The Balaban J connectivity index is 1.46. The van der Waals surface area contributed by atoms with Crippen LogP contribution in [-0.4, -0.2) is 29.4 Å². The average Bonchev–Trinajstić information content (AvgIpc) is 3.30. The molecule has 0 saturated heterocycles. The molecule has 3 aromatic heterocycles. The average molecular weight is 391 g/mol. The minimum absolute atomic E-state index is 0.427. The number of ether oxygens (including phenoxy) is 1. The molecular weight excluding hydrogens is 376 g/mol. The van der Waals surface area contributed by atoms with Crippen molar-refractivity contribution in [3.05, 3.63) is 71.6 Å². The van der Waals surface area contributed by atoms with E-state index in [0.29, 0.717) is 17.5 Å². The molecule has 28 heavy (non-hydrogen) atoms. The second-order valence-electron chi connectivity index (χ2n) is 6.40. The van der Waals surface area contributed by atoms with E-state index in [4.69, 9.17) is 21.3 Å². The van der Waals surface area contributed by atoms with Crippen LogP contribution in [0.2, 0.25) is 5.02 Å². The van der Waals surface area contributed by atoms with Gasteiger partial charge in [0, 0.05) is 17.6 Å². The molecule has 0 radical (unpaired) electrons. The molecule has 2 aromatic carbocycles. The van der Waals surface area contributed by atoms with Crippen molar-refractivity contribution in [2.45, 2.75) is 6.61 Å². The van der Waals surface area contributed by atoms with Crippen molar-refractivity contribution < 1.29 is 4.74 Å². The van der Waals surface area contributed by atoms with Gasteiger partial charge in [-0.2, -0.15) is 5.10 Å². The summed E-state index contributed by atoms with van der Waals surface area (Å²) in [6.45, 7) is 0.427. The Kier molecular flexibility index (Phi) is 3.95. The first kappa shape index (κ1) is 16.7. The van der Waals surface area contributed by atoms with Gasteiger partial charge in [0.05, 0.1) is 11.6 Å². The lowest BCUT2D eigenvalue weighted by atomic mass is 10.1. The van der Waals surface area contributed by atoms with Crippen LogP contribution in [0.25, 0.3) is 28.1 Å². The highest BCUT2D eigenvalue weighted by Gasteiger charge is 2.12. The van der Waals surface area contributed by atoms with Gasteiger partial charge in [-0.3, -0.25) is 4.68 Å². The summed E-state index contributed by atoms with van der Waals surface area (Å²) >= 11 is 6.00. The minimum Gasteiger partial charge on any atom is -0.489 e. The first-order valence-electron chi connectivity index (χ1n) is 8.68. The van der Waals surface area contributed by atoms with Gasteiger partial charge in [0.25, 0.3) is 0 Å². The van der Waals surface area contributed by atoms with Gasteiger partial charge in [-0.05, 0) is 29.8 Å². The maximum Gasteiger partial charge on any atom is 0.182 e. The Labute approximate surface area is 165 Å². The molecule has 0 bridgehead atoms. The molecule has 0 aliphatic heterocycles. The van der Waals surface area contributed by atoms with E-state index < -0.39 is 0 Å². The summed E-state index contributed by atoms with van der Waals surface area (Å²) in [4.78, 5) is 9.09. The van der Waals surface area contributed by atoms with Crippen molar-refractivity contribution >= 4 is 28.3 Å². The van der Waals surface area contributed by atoms with E-state index in [0.717, 1.165) is 33.6 Å². The van der Waals surface area contributed by atoms with Gasteiger partial charge in [-0.15, -0.1) is 5.10 Å². The third kappa shape index (κ3) is 2.95. The fourth-order valence-corrected chi connectivity index (χ4v) is 3.26. The molecule has 0 aliphatic carbocycles. The molecule has 0 fully saturated rings. The SMILES string of the molecule is Cn1ncc2c1ncn1nc(-c3cccc(COc4cccc(Cl)c4)c3)nc21. The molecule has 5 rings (SSSR count). The van der Waals surface area contributed by atoms with Gasteiger partial charge in [0.2, 0.25) is 0 Å². The van der Waals surface area contributed by atoms with E-state index in [2.05, 4.69) is 15.2 Å². The summed E-state index contributed by atoms with van der Waals surface area (Å²) in [6.07, 6.45) is 3.41. The monoisotopic (exact) mass is 390 g/mol. The highest BCUT2D eigenvalue weighted by atomic mass is 35.5. The van der Waals surface area contributed by atoms with Crippen LogP contribution < -0.4 is 4.74 Å². The summed E-state index contributed by atoms with van der Waals surface area (Å²) in [5.74, 6) is 1.36. The van der Waals surface area contributed by atoms with Crippen LogP contribution in [0.5, 0.6) is 5.75 Å². The molecule has 0 amide bonds. The van der Waals surface area contributed by atoms with Crippen molar-refractivity contribution in [3.8, 4) is 17.1 Å². The third-order valence-corrected chi connectivity index (χ3v) is 4.69. The van der Waals surface area contributed by atoms with Gasteiger partial charge in [-0.1, -0.05) is 35.9 Å². The quantitative estimate of drug-likeness (QED) is 0.465. The lowest BCUT2D eigenvalue weighted by Crippen LogP contribution is -1.96. The van der Waals surface area contributed by atoms with Gasteiger partial charge in [-0.25, -0.2) is 14.5 Å². The molecule has 5 aromatic rings. The van der Waals surface area contributed by atoms with Crippen molar-refractivity contribution in [3.63, 3.8) is 0 Å². The van der Waals surface area contributed by atoms with Crippen molar-refractivity contribution in [1.29, 1.82) is 0 Å². The number of rotatable bonds is 4. The first-order valence-corrected chi connectivity index (χ1v) is 9.06. The number of benzene rings is 2. The number of hydrogen-bond donors (Lipinski definition) is 0. The number of halogens is 1. The van der Waals surface area contributed by atoms with Crippen LogP contribution in [0, 0.1) is 0 Å². The van der Waals surface area contributed by atoms with Gasteiger partial charge < -0.3 is 4.74 Å². The Bertz CT molecular complexity index is 1310. The van der Waals surface area contributed by atoms with Crippen molar-refractivity contribution in [1.82, 2.24) is 29.4 Å². The Hall–Kier alpha value is -3.45. The predicted octanol–water partition coefficient (Wildman–Crippen LogP) is 3.91. The Morgan fingerprint density at radius 1 is 1.07 bits per heavy atom. The van der Waals surface area contributed by atoms with E-state index >= 15 is 0 Å². The summed E-state index contributed by atoms with van der Waals surface area (Å²) in [5, 5.41) is 10.3. The van der Waals surface area contributed by atoms with Gasteiger partial charge in [0.1, 0.15) is 18.7 Å². The molecular formula is C20H15ClN6O. The van der Waals surface area contributed by atoms with E-state index in [1.54, 1.807) is 27.8 Å². The fraction of sp³-hybridized carbons (Fsp3) is 0.100. The van der Waals surface area contributed by atoms with E-state index in [9.17, 15) is 0 Å². The van der Waals surface area contributed by atoms with Crippen LogP contribution in [0.4, 0.5) is 0 Å². The highest BCUT2D eigenvalue weighted by molar-refractivity contribution is 6.30. The molecule has 0 spiro atoms. The molecule has 0 aliphatic rings. The van der Waals surface area contributed by atoms with E-state index in [1.165, 1.54) is 0 Å². The van der Waals surface area contributed by atoms with Crippen LogP contribution in [0.3, 0.4) is 0 Å². The smallest absolute Gasteiger partial charge is 0.182 e. The lowest BCUT2D eigenvalue weighted by Gasteiger charge is -2.07. The topological polar surface area (TPSA) is 70.1 Å². The molecule has 0 unspecified atom stereocenters. The largest absolute Gasteiger partial charge is 0.489 e. The Morgan fingerprint density at radius 2 is 1.96 bits per heavy atom. The molecule has 3 heterocycles. The van der Waals surface area contributed by atoms with Crippen LogP contribution in [0.15, 0.2) is 61.1 Å². The summed E-state index contributed by atoms with van der Waals surface area (Å²) < 4.78 is 9.23. The van der Waals surface area contributed by atoms with Crippen molar-refractivity contribution in [2.24, 2.45) is 7.05 Å². The normalized spacial score (nSPS) is 11.4. The van der Waals surface area contributed by atoms with Crippen LogP contribution in [0.1, 0.15) is 5.56 Å². The second-order valence-corrected chi connectivity index (χ2v) is 6.84. The van der Waals surface area contributed by atoms with Crippen LogP contribution in [-0.2, 0) is 13.7 Å². The molecule has 0 saturated carbocycles. The summed E-state index contributed by atoms with van der Waals surface area (Å²) in [7, 11) is 1.85. The highest BCUT2D eigenvalue weighted by Crippen LogP contribution is 2.23. The predicted molar refractivity (Wildman–Crippen MR) is 106 cm³/mol. The molecule has 8 heteroatoms. The van der Waals surface area contributed by atoms with Crippen molar-refractivity contribution in [2.75, 3.05) is 0 Å². The second kappa shape index (κ2) is 6.61. The molecule has 138 valence electrons. The lowest BCUT2D eigenvalue weighted by molar-refractivity contribution is 0.306. The third-order valence-electron chi connectivity index (χ3n) is 4.46. The zero-order valence-corrected chi connectivity index (χ0v) is 15.7. The molecule has 0 atom stereocenters. The minimum atomic E-state index is 0.427. The zero-order valence-electron chi connectivity index (χ0n) is 15.0. The van der Waals surface area contributed by atoms with Gasteiger partial charge in [0.15, 0.2) is 17.1 Å². The number of fused-ring (bicyclic) bond motifs is 3. The number of hydrogen-bond acceptors (Lipinski definition) is 5. The summed E-state index contributed by atoms with van der Waals surface area (Å²) in [5.41, 5.74) is 3.43. The van der Waals surface area contributed by atoms with E-state index in [-0.39, 0.29) is 0 Å². The maximum atomic E-state index is 6.00. The first-order chi connectivity index (χ1) is 13.7. The fourth-order valence-electron chi connectivity index (χ4n) is 3.08. The van der Waals surface area contributed by atoms with E-state index in [1.807, 2.05) is 49.5 Å². The molecule has 7 nitrogen and oxygen atoms in total.